The van der Waals surface area contributed by atoms with Crippen LogP contribution in [0.4, 0.5) is 0 Å². The maximum absolute atomic E-state index is 14.3. The molecule has 1 aromatic heterocycles. The van der Waals surface area contributed by atoms with Crippen molar-refractivity contribution in [3.8, 4) is 0 Å². The van der Waals surface area contributed by atoms with E-state index in [1.807, 2.05) is 34.7 Å². The fourth-order valence-corrected chi connectivity index (χ4v) is 10.4. The lowest BCUT2D eigenvalue weighted by molar-refractivity contribution is -0.149. The highest BCUT2D eigenvalue weighted by atomic mass is 32.1. The first-order valence-corrected chi connectivity index (χ1v) is 26.6. The number of piperidine rings is 1. The van der Waals surface area contributed by atoms with Gasteiger partial charge in [0.15, 0.2) is 29.2 Å². The third-order valence-electron chi connectivity index (χ3n) is 14.2. The number of likely N-dealkylation sites (N-methyl/N-ethyl adjacent to an activating group) is 1. The monoisotopic (exact) mass is 1020 g/mol. The number of nitrogens with two attached hydrogens (primary N) is 1. The van der Waals surface area contributed by atoms with Gasteiger partial charge in [-0.25, -0.2) is 9.78 Å². The van der Waals surface area contributed by atoms with Gasteiger partial charge in [0.2, 0.25) is 11.8 Å². The number of Topliss-reactive ketones (excluding diaryl/α,β-unsaturated/α-hetero) is 2. The normalized spacial score (nSPS) is 17.7. The van der Waals surface area contributed by atoms with E-state index in [2.05, 4.69) is 20.5 Å². The summed E-state index contributed by atoms with van der Waals surface area (Å²) in [5.41, 5.74) is 6.86. The van der Waals surface area contributed by atoms with Crippen LogP contribution in [0.3, 0.4) is 0 Å². The number of esters is 1. The molecule has 1 fully saturated rings. The smallest absolute Gasteiger partial charge is 0.326 e. The molecule has 1 aromatic carbocycles. The number of aromatic nitrogens is 1. The third kappa shape index (κ3) is 17.9. The number of nitrogens with one attached hydrogen (secondary N) is 2. The number of unbranched alkanes of at least 4 members (excludes halogenated alkanes) is 3. The standard InChI is InChI=1S/C54H78N6O11S/c1-8-34(4)39(30-48(65)43-18-13-15-27-59(43)6)53(68)60(7)44(33(2)3)31-49(71-35(5)61)52-58-42(32-72-52)51(67)57-41(54(69)70)28-36-20-22-37(23-21-36)29-47(64)40(17-12-14-26-55)56-50(66)19-11-9-10-16-38-45(62)24-25-46(38)63/h20-25,32-34,38-41,43-44,49H,8-19,26-31,55H2,1-7H3,(H,56,66)(H,57,67)(H,69,70)/t34-,39-,40-,41-,43+,44+,49+/m0/s1. The number of allylic oxidation sites excluding steroid dienone is 2. The van der Waals surface area contributed by atoms with Crippen LogP contribution in [-0.2, 0) is 55.9 Å². The van der Waals surface area contributed by atoms with Crippen LogP contribution in [0.1, 0.15) is 157 Å². The molecule has 396 valence electrons. The van der Waals surface area contributed by atoms with E-state index in [1.165, 1.54) is 24.5 Å². The zero-order chi connectivity index (χ0) is 53.1. The fourth-order valence-electron chi connectivity index (χ4n) is 9.60. The van der Waals surface area contributed by atoms with E-state index >= 15 is 0 Å². The van der Waals surface area contributed by atoms with Gasteiger partial charge in [0.1, 0.15) is 16.7 Å². The molecular formula is C54H78N6O11S. The summed E-state index contributed by atoms with van der Waals surface area (Å²) < 4.78 is 5.77. The van der Waals surface area contributed by atoms with Crippen molar-refractivity contribution >= 4 is 64.1 Å². The van der Waals surface area contributed by atoms with Gasteiger partial charge in [-0.05, 0) is 100 Å². The van der Waals surface area contributed by atoms with Crippen LogP contribution in [0.25, 0.3) is 0 Å². The van der Waals surface area contributed by atoms with Crippen LogP contribution in [-0.4, -0.2) is 124 Å². The number of hydrogen-bond acceptors (Lipinski definition) is 14. The molecule has 0 bridgehead atoms. The highest BCUT2D eigenvalue weighted by Gasteiger charge is 2.38. The molecule has 5 N–H and O–H groups in total. The molecular weight excluding hydrogens is 941 g/mol. The fraction of sp³-hybridized carbons (Fsp3) is 0.630. The van der Waals surface area contributed by atoms with Crippen LogP contribution in [0, 0.1) is 23.7 Å². The molecule has 1 aliphatic carbocycles. The number of carbonyl (C=O) groups is 9. The lowest BCUT2D eigenvalue weighted by Gasteiger charge is -2.37. The largest absolute Gasteiger partial charge is 0.480 e. The molecule has 3 amide bonds. The molecule has 2 heterocycles. The molecule has 1 aliphatic heterocycles. The number of hydrogen-bond donors (Lipinski definition) is 4. The van der Waals surface area contributed by atoms with Gasteiger partial charge in [-0.2, -0.15) is 0 Å². The number of likely N-dealkylation sites (tertiary alicyclic amines) is 1. The molecule has 17 nitrogen and oxygen atoms in total. The van der Waals surface area contributed by atoms with Crippen molar-refractivity contribution in [2.24, 2.45) is 29.4 Å². The molecule has 0 spiro atoms. The van der Waals surface area contributed by atoms with E-state index in [1.54, 1.807) is 36.2 Å². The highest BCUT2D eigenvalue weighted by Crippen LogP contribution is 2.33. The number of thiazole rings is 1. The van der Waals surface area contributed by atoms with Crippen molar-refractivity contribution in [3.63, 3.8) is 0 Å². The Morgan fingerprint density at radius 1 is 0.931 bits per heavy atom. The second kappa shape index (κ2) is 29.3. The molecule has 18 heteroatoms. The maximum Gasteiger partial charge on any atom is 0.326 e. The third-order valence-corrected chi connectivity index (χ3v) is 15.2. The first kappa shape index (κ1) is 59.1. The Bertz CT molecular complexity index is 2210. The van der Waals surface area contributed by atoms with E-state index in [0.717, 1.165) is 37.1 Å². The quantitative estimate of drug-likeness (QED) is 0.0376. The Hall–Kier alpha value is -5.46. The molecule has 72 heavy (non-hydrogen) atoms. The summed E-state index contributed by atoms with van der Waals surface area (Å²) in [7, 11) is 3.67. The molecule has 1 saturated heterocycles. The zero-order valence-corrected chi connectivity index (χ0v) is 44.1. The van der Waals surface area contributed by atoms with Gasteiger partial charge in [0.25, 0.3) is 5.91 Å². The summed E-state index contributed by atoms with van der Waals surface area (Å²) in [6.45, 7) is 10.5. The zero-order valence-electron chi connectivity index (χ0n) is 43.3. The van der Waals surface area contributed by atoms with E-state index in [0.29, 0.717) is 74.0 Å². The van der Waals surface area contributed by atoms with Gasteiger partial charge in [0.05, 0.1) is 18.0 Å². The van der Waals surface area contributed by atoms with E-state index in [9.17, 15) is 48.3 Å². The summed E-state index contributed by atoms with van der Waals surface area (Å²) in [4.78, 5) is 125. The van der Waals surface area contributed by atoms with Crippen molar-refractivity contribution in [1.82, 2.24) is 25.4 Å². The molecule has 0 saturated carbocycles. The molecule has 2 aliphatic rings. The number of nitrogens with zero attached hydrogens (tertiary/aromatic N) is 3. The second-order valence-corrected chi connectivity index (χ2v) is 20.9. The number of ether oxygens (including phenoxy) is 1. The number of carboxylic acid groups (broad SMARTS) is 1. The van der Waals surface area contributed by atoms with Gasteiger partial charge in [-0.3, -0.25) is 43.3 Å². The minimum absolute atomic E-state index is 0.0212. The van der Waals surface area contributed by atoms with Crippen LogP contribution >= 0.6 is 11.3 Å². The number of carbonyl (C=O) groups excluding carboxylic acids is 8. The Morgan fingerprint density at radius 3 is 2.22 bits per heavy atom. The number of amides is 3. The Balaban J connectivity index is 1.37. The number of benzene rings is 1. The van der Waals surface area contributed by atoms with Crippen molar-refractivity contribution in [2.75, 3.05) is 27.2 Å². The van der Waals surface area contributed by atoms with Gasteiger partial charge >= 0.3 is 11.9 Å². The minimum Gasteiger partial charge on any atom is -0.480 e. The highest BCUT2D eigenvalue weighted by molar-refractivity contribution is 7.09. The predicted molar refractivity (Wildman–Crippen MR) is 274 cm³/mol. The van der Waals surface area contributed by atoms with Gasteiger partial charge in [-0.1, -0.05) is 77.6 Å². The minimum atomic E-state index is -1.35. The maximum atomic E-state index is 14.3. The van der Waals surface area contributed by atoms with Gasteiger partial charge in [-0.15, -0.1) is 11.3 Å². The molecule has 0 unspecified atom stereocenters. The average Bonchev–Trinajstić information content (AvgIpc) is 3.97. The second-order valence-electron chi connectivity index (χ2n) is 20.0. The van der Waals surface area contributed by atoms with Crippen molar-refractivity contribution < 1.29 is 53.0 Å². The van der Waals surface area contributed by atoms with Gasteiger partial charge < -0.3 is 31.1 Å². The molecule has 7 atom stereocenters. The first-order chi connectivity index (χ1) is 34.2. The molecule has 4 rings (SSSR count). The van der Waals surface area contributed by atoms with Gasteiger partial charge in [0, 0.05) is 63.4 Å². The van der Waals surface area contributed by atoms with Crippen molar-refractivity contribution in [3.05, 3.63) is 63.6 Å². The number of ketones is 4. The van der Waals surface area contributed by atoms with Crippen LogP contribution in [0.5, 0.6) is 0 Å². The van der Waals surface area contributed by atoms with E-state index < -0.39 is 53.9 Å². The summed E-state index contributed by atoms with van der Waals surface area (Å²) >= 11 is 1.08. The number of rotatable bonds is 31. The summed E-state index contributed by atoms with van der Waals surface area (Å²) in [6.07, 6.45) is 9.66. The van der Waals surface area contributed by atoms with Crippen LogP contribution in [0.15, 0.2) is 41.8 Å². The van der Waals surface area contributed by atoms with Crippen LogP contribution in [0.2, 0.25) is 0 Å². The number of aliphatic carboxylic acids is 1. The number of carboxylic acids is 1. The van der Waals surface area contributed by atoms with Crippen molar-refractivity contribution in [1.29, 1.82) is 0 Å². The van der Waals surface area contributed by atoms with Crippen molar-refractivity contribution in [2.45, 2.75) is 168 Å². The Morgan fingerprint density at radius 2 is 1.61 bits per heavy atom. The summed E-state index contributed by atoms with van der Waals surface area (Å²) in [5, 5.41) is 17.4. The SMILES string of the molecule is CC[C@H](C)[C@H](CC(=O)[C@H]1CCCCN1C)C(=O)N(C)[C@H](C[C@@H](OC(C)=O)c1nc(C(=O)N[C@@H](Cc2ccc(CC(=O)[C@H](CCCCN)NC(=O)CCCCCC3C(=O)C=CC3=O)cc2)C(=O)O)cs1)C(C)C. The predicted octanol–water partition coefficient (Wildman–Crippen LogP) is 6.15. The van der Waals surface area contributed by atoms with Crippen LogP contribution < -0.4 is 16.4 Å². The van der Waals surface area contributed by atoms with E-state index in [-0.39, 0.29) is 90.6 Å². The topological polar surface area (TPSA) is 253 Å². The lowest BCUT2D eigenvalue weighted by atomic mass is 9.83. The molecule has 2 aromatic rings. The first-order valence-electron chi connectivity index (χ1n) is 25.8. The van der Waals surface area contributed by atoms with E-state index in [4.69, 9.17) is 10.5 Å². The Kier molecular flexibility index (Phi) is 24.0. The summed E-state index contributed by atoms with van der Waals surface area (Å²) in [5.74, 6) is -4.79. The Labute approximate surface area is 428 Å². The lowest BCUT2D eigenvalue weighted by Crippen LogP contribution is -2.48. The average molecular weight is 1020 g/mol. The molecule has 0 radical (unpaired) electrons. The summed E-state index contributed by atoms with van der Waals surface area (Å²) in [6, 6.07) is 4.07.